The molecule has 1 fully saturated rings. The van der Waals surface area contributed by atoms with Crippen LogP contribution in [0.25, 0.3) is 0 Å². The molecule has 16 heavy (non-hydrogen) atoms. The average molecular weight is 268 g/mol. The fraction of sp³-hybridized carbons (Fsp3) is 0.900. The summed E-state index contributed by atoms with van der Waals surface area (Å²) in [5, 5.41) is 2.77. The Hall–Kier alpha value is -0.290. The van der Waals surface area contributed by atoms with Crippen LogP contribution in [0.3, 0.4) is 0 Å². The number of carbonyl (C=O) groups excluding carboxylic acids is 1. The molecule has 4 nitrogen and oxygen atoms in total. The Labute approximate surface area is 102 Å². The standard InChI is InChI=1S/C10H18ClNO3S/c1-16(14,15)7-10(13)12-9-5-3-2-4-8(9)6-11/h8-9H,2-7H2,1H3,(H,12,13). The summed E-state index contributed by atoms with van der Waals surface area (Å²) in [6.07, 6.45) is 5.17. The molecule has 0 aromatic heterocycles. The number of sulfone groups is 1. The molecule has 2 unspecified atom stereocenters. The Balaban J connectivity index is 2.48. The van der Waals surface area contributed by atoms with Gasteiger partial charge in [-0.3, -0.25) is 4.79 Å². The van der Waals surface area contributed by atoms with E-state index < -0.39 is 21.5 Å². The molecule has 0 radical (unpaired) electrons. The second-order valence-electron chi connectivity index (χ2n) is 4.44. The topological polar surface area (TPSA) is 63.2 Å². The molecule has 0 heterocycles. The zero-order valence-corrected chi connectivity index (χ0v) is 11.0. The lowest BCUT2D eigenvalue weighted by molar-refractivity contribution is -0.119. The second-order valence-corrected chi connectivity index (χ2v) is 6.89. The average Bonchev–Trinajstić information content (AvgIpc) is 2.15. The zero-order chi connectivity index (χ0) is 12.2. The van der Waals surface area contributed by atoms with Gasteiger partial charge in [-0.1, -0.05) is 12.8 Å². The van der Waals surface area contributed by atoms with Crippen LogP contribution >= 0.6 is 11.6 Å². The molecule has 2 atom stereocenters. The number of amides is 1. The minimum Gasteiger partial charge on any atom is -0.352 e. The summed E-state index contributed by atoms with van der Waals surface area (Å²) in [5.41, 5.74) is 0. The SMILES string of the molecule is CS(=O)(=O)CC(=O)NC1CCCCC1CCl. The molecular weight excluding hydrogens is 250 g/mol. The number of carbonyl (C=O) groups is 1. The van der Waals surface area contributed by atoms with Gasteiger partial charge < -0.3 is 5.32 Å². The van der Waals surface area contributed by atoms with Crippen LogP contribution in [0.4, 0.5) is 0 Å². The maximum absolute atomic E-state index is 11.5. The lowest BCUT2D eigenvalue weighted by Gasteiger charge is -2.30. The van der Waals surface area contributed by atoms with Crippen molar-refractivity contribution in [1.82, 2.24) is 5.32 Å². The van der Waals surface area contributed by atoms with E-state index in [1.807, 2.05) is 0 Å². The highest BCUT2D eigenvalue weighted by Crippen LogP contribution is 2.25. The first kappa shape index (κ1) is 13.8. The quantitative estimate of drug-likeness (QED) is 0.772. The molecule has 0 aliphatic heterocycles. The van der Waals surface area contributed by atoms with Crippen LogP contribution in [0.2, 0.25) is 0 Å². The Morgan fingerprint density at radius 1 is 1.38 bits per heavy atom. The van der Waals surface area contributed by atoms with Crippen molar-refractivity contribution < 1.29 is 13.2 Å². The molecule has 1 aliphatic rings. The second kappa shape index (κ2) is 5.87. The predicted octanol–water partition coefficient (Wildman–Crippen LogP) is 0.945. The maximum atomic E-state index is 11.5. The molecule has 0 bridgehead atoms. The van der Waals surface area contributed by atoms with E-state index in [1.165, 1.54) is 0 Å². The highest BCUT2D eigenvalue weighted by atomic mass is 35.5. The van der Waals surface area contributed by atoms with E-state index in [4.69, 9.17) is 11.6 Å². The van der Waals surface area contributed by atoms with Gasteiger partial charge in [-0.15, -0.1) is 11.6 Å². The molecule has 1 aliphatic carbocycles. The highest BCUT2D eigenvalue weighted by Gasteiger charge is 2.26. The van der Waals surface area contributed by atoms with Gasteiger partial charge in [0.15, 0.2) is 9.84 Å². The van der Waals surface area contributed by atoms with Crippen molar-refractivity contribution in [3.8, 4) is 0 Å². The third-order valence-corrected chi connectivity index (χ3v) is 4.03. The van der Waals surface area contributed by atoms with Gasteiger partial charge >= 0.3 is 0 Å². The lowest BCUT2D eigenvalue weighted by Crippen LogP contribution is -2.44. The molecule has 1 saturated carbocycles. The van der Waals surface area contributed by atoms with Crippen LogP contribution in [0, 0.1) is 5.92 Å². The zero-order valence-electron chi connectivity index (χ0n) is 9.41. The van der Waals surface area contributed by atoms with Crippen molar-refractivity contribution in [1.29, 1.82) is 0 Å². The van der Waals surface area contributed by atoms with Crippen LogP contribution in [0.15, 0.2) is 0 Å². The van der Waals surface area contributed by atoms with Crippen LogP contribution < -0.4 is 5.32 Å². The van der Waals surface area contributed by atoms with E-state index in [2.05, 4.69) is 5.32 Å². The molecule has 94 valence electrons. The Kier molecular flexibility index (Phi) is 5.05. The van der Waals surface area contributed by atoms with Gasteiger partial charge in [0.1, 0.15) is 5.75 Å². The number of hydrogen-bond donors (Lipinski definition) is 1. The van der Waals surface area contributed by atoms with Gasteiger partial charge in [0.05, 0.1) is 0 Å². The van der Waals surface area contributed by atoms with Crippen molar-refractivity contribution >= 4 is 27.3 Å². The van der Waals surface area contributed by atoms with Crippen molar-refractivity contribution in [2.45, 2.75) is 31.7 Å². The maximum Gasteiger partial charge on any atom is 0.235 e. The van der Waals surface area contributed by atoms with Crippen LogP contribution in [0.1, 0.15) is 25.7 Å². The lowest BCUT2D eigenvalue weighted by atomic mass is 9.86. The number of halogens is 1. The molecular formula is C10H18ClNO3S. The summed E-state index contributed by atoms with van der Waals surface area (Å²) >= 11 is 5.82. The summed E-state index contributed by atoms with van der Waals surface area (Å²) in [4.78, 5) is 11.5. The molecule has 1 amide bonds. The Morgan fingerprint density at radius 2 is 2.00 bits per heavy atom. The summed E-state index contributed by atoms with van der Waals surface area (Å²) < 4.78 is 21.9. The number of nitrogens with one attached hydrogen (secondary N) is 1. The van der Waals surface area contributed by atoms with Crippen LogP contribution in [-0.4, -0.2) is 38.3 Å². The van der Waals surface area contributed by atoms with Gasteiger partial charge in [0, 0.05) is 18.2 Å². The first-order valence-corrected chi connectivity index (χ1v) is 8.05. The molecule has 0 spiro atoms. The van der Waals surface area contributed by atoms with Gasteiger partial charge in [-0.25, -0.2) is 8.42 Å². The number of rotatable bonds is 4. The van der Waals surface area contributed by atoms with Crippen molar-refractivity contribution in [3.63, 3.8) is 0 Å². The summed E-state index contributed by atoms with van der Waals surface area (Å²) in [7, 11) is -3.24. The van der Waals surface area contributed by atoms with Crippen LogP contribution in [0.5, 0.6) is 0 Å². The fourth-order valence-electron chi connectivity index (χ4n) is 2.07. The van der Waals surface area contributed by atoms with E-state index >= 15 is 0 Å². The smallest absolute Gasteiger partial charge is 0.235 e. The third kappa shape index (κ3) is 4.70. The minimum absolute atomic E-state index is 0.0421. The van der Waals surface area contributed by atoms with Crippen LogP contribution in [-0.2, 0) is 14.6 Å². The minimum atomic E-state index is -3.24. The summed E-state index contributed by atoms with van der Waals surface area (Å²) in [5.74, 6) is -0.0501. The van der Waals surface area contributed by atoms with E-state index in [-0.39, 0.29) is 12.0 Å². The Morgan fingerprint density at radius 3 is 2.56 bits per heavy atom. The summed E-state index contributed by atoms with van der Waals surface area (Å²) in [6, 6.07) is 0.0421. The summed E-state index contributed by atoms with van der Waals surface area (Å²) in [6.45, 7) is 0. The number of hydrogen-bond acceptors (Lipinski definition) is 3. The first-order valence-electron chi connectivity index (χ1n) is 5.45. The van der Waals surface area contributed by atoms with Crippen molar-refractivity contribution in [3.05, 3.63) is 0 Å². The van der Waals surface area contributed by atoms with E-state index in [1.54, 1.807) is 0 Å². The third-order valence-electron chi connectivity index (χ3n) is 2.85. The normalized spacial score (nSPS) is 26.4. The van der Waals surface area contributed by atoms with E-state index in [0.29, 0.717) is 5.88 Å². The van der Waals surface area contributed by atoms with E-state index in [9.17, 15) is 13.2 Å². The molecule has 6 heteroatoms. The molecule has 1 rings (SSSR count). The first-order chi connectivity index (χ1) is 7.42. The largest absolute Gasteiger partial charge is 0.352 e. The molecule has 0 saturated heterocycles. The van der Waals surface area contributed by atoms with Gasteiger partial charge in [-0.05, 0) is 18.8 Å². The Bertz CT molecular complexity index is 342. The van der Waals surface area contributed by atoms with Crippen molar-refractivity contribution in [2.75, 3.05) is 17.9 Å². The molecule has 1 N–H and O–H groups in total. The van der Waals surface area contributed by atoms with Crippen molar-refractivity contribution in [2.24, 2.45) is 5.92 Å². The molecule has 0 aromatic rings. The van der Waals surface area contributed by atoms with E-state index in [0.717, 1.165) is 31.9 Å². The van der Waals surface area contributed by atoms with Gasteiger partial charge in [0.25, 0.3) is 0 Å². The predicted molar refractivity (Wildman–Crippen MR) is 64.3 cm³/mol. The highest BCUT2D eigenvalue weighted by molar-refractivity contribution is 7.91. The fourth-order valence-corrected chi connectivity index (χ4v) is 3.00. The number of alkyl halides is 1. The van der Waals surface area contributed by atoms with Gasteiger partial charge in [-0.2, -0.15) is 0 Å². The molecule has 0 aromatic carbocycles. The van der Waals surface area contributed by atoms with Gasteiger partial charge in [0.2, 0.25) is 5.91 Å². The monoisotopic (exact) mass is 267 g/mol.